The van der Waals surface area contributed by atoms with Gasteiger partial charge in [-0.15, -0.1) is 11.3 Å². The molecule has 5 nitrogen and oxygen atoms in total. The van der Waals surface area contributed by atoms with E-state index in [-0.39, 0.29) is 11.8 Å². The zero-order valence-corrected chi connectivity index (χ0v) is 15.8. The minimum absolute atomic E-state index is 0.00159. The minimum atomic E-state index is -0.288. The largest absolute Gasteiger partial charge is 0.334 e. The van der Waals surface area contributed by atoms with Gasteiger partial charge in [-0.05, 0) is 60.2 Å². The van der Waals surface area contributed by atoms with Crippen LogP contribution >= 0.6 is 11.3 Å². The standard InChI is InChI=1S/C21H19N3O2S/c1-14-16(21(26)24-11-8-19-15(13-24)9-12-27-19)5-4-7-17(14)23-20(25)18-6-2-3-10-22-18/h2-7,9-10,12H,8,11,13H2,1H3,(H,23,25). The fourth-order valence-electron chi connectivity index (χ4n) is 3.28. The molecule has 3 heterocycles. The van der Waals surface area contributed by atoms with Gasteiger partial charge < -0.3 is 10.2 Å². The predicted molar refractivity (Wildman–Crippen MR) is 106 cm³/mol. The molecule has 0 spiro atoms. The summed E-state index contributed by atoms with van der Waals surface area (Å²) in [7, 11) is 0. The van der Waals surface area contributed by atoms with Crippen molar-refractivity contribution in [2.24, 2.45) is 0 Å². The Balaban J connectivity index is 1.55. The maximum Gasteiger partial charge on any atom is 0.274 e. The van der Waals surface area contributed by atoms with E-state index < -0.39 is 0 Å². The average Bonchev–Trinajstić information content (AvgIpc) is 3.17. The molecule has 2 amide bonds. The van der Waals surface area contributed by atoms with Crippen molar-refractivity contribution in [3.8, 4) is 0 Å². The second-order valence-corrected chi connectivity index (χ2v) is 7.49. The van der Waals surface area contributed by atoms with E-state index in [2.05, 4.69) is 21.7 Å². The second-order valence-electron chi connectivity index (χ2n) is 6.49. The summed E-state index contributed by atoms with van der Waals surface area (Å²) < 4.78 is 0. The fourth-order valence-corrected chi connectivity index (χ4v) is 4.17. The van der Waals surface area contributed by atoms with Crippen molar-refractivity contribution in [3.05, 3.63) is 81.3 Å². The number of benzene rings is 1. The number of nitrogens with one attached hydrogen (secondary N) is 1. The number of fused-ring (bicyclic) bond motifs is 1. The van der Waals surface area contributed by atoms with E-state index in [0.29, 0.717) is 23.5 Å². The molecule has 6 heteroatoms. The Morgan fingerprint density at radius 3 is 2.85 bits per heavy atom. The van der Waals surface area contributed by atoms with E-state index >= 15 is 0 Å². The molecule has 0 saturated carbocycles. The van der Waals surface area contributed by atoms with E-state index in [9.17, 15) is 9.59 Å². The fraction of sp³-hybridized carbons (Fsp3) is 0.190. The molecular formula is C21H19N3O2S. The predicted octanol–water partition coefficient (Wildman–Crippen LogP) is 3.90. The third-order valence-electron chi connectivity index (χ3n) is 4.80. The molecule has 0 bridgehead atoms. The molecule has 0 atom stereocenters. The first-order valence-corrected chi connectivity index (χ1v) is 9.68. The van der Waals surface area contributed by atoms with Gasteiger partial charge in [0.25, 0.3) is 11.8 Å². The van der Waals surface area contributed by atoms with Gasteiger partial charge in [0.2, 0.25) is 0 Å². The Labute approximate surface area is 161 Å². The number of aromatic nitrogens is 1. The molecule has 0 fully saturated rings. The summed E-state index contributed by atoms with van der Waals surface area (Å²) in [6.45, 7) is 3.22. The maximum absolute atomic E-state index is 13.1. The van der Waals surface area contributed by atoms with Crippen LogP contribution in [0.5, 0.6) is 0 Å². The third kappa shape index (κ3) is 3.48. The Morgan fingerprint density at radius 1 is 1.15 bits per heavy atom. The number of hydrogen-bond acceptors (Lipinski definition) is 4. The number of amides is 2. The first-order valence-electron chi connectivity index (χ1n) is 8.80. The number of thiophene rings is 1. The van der Waals surface area contributed by atoms with E-state index in [1.807, 2.05) is 17.9 Å². The van der Waals surface area contributed by atoms with E-state index in [4.69, 9.17) is 0 Å². The summed E-state index contributed by atoms with van der Waals surface area (Å²) in [4.78, 5) is 32.8. The van der Waals surface area contributed by atoms with Gasteiger partial charge in [0.1, 0.15) is 5.69 Å². The van der Waals surface area contributed by atoms with Crippen molar-refractivity contribution in [2.75, 3.05) is 11.9 Å². The van der Waals surface area contributed by atoms with Crippen LogP contribution in [0.25, 0.3) is 0 Å². The highest BCUT2D eigenvalue weighted by Crippen LogP contribution is 2.27. The molecule has 1 aromatic carbocycles. The Morgan fingerprint density at radius 2 is 2.04 bits per heavy atom. The van der Waals surface area contributed by atoms with Gasteiger partial charge in [-0.2, -0.15) is 0 Å². The quantitative estimate of drug-likeness (QED) is 0.753. The number of carbonyl (C=O) groups is 2. The zero-order valence-electron chi connectivity index (χ0n) is 14.9. The van der Waals surface area contributed by atoms with Gasteiger partial charge in [0, 0.05) is 35.4 Å². The zero-order chi connectivity index (χ0) is 18.8. The Kier molecular flexibility index (Phi) is 4.73. The maximum atomic E-state index is 13.1. The van der Waals surface area contributed by atoms with Crippen LogP contribution in [0.2, 0.25) is 0 Å². The van der Waals surface area contributed by atoms with Gasteiger partial charge in [0.05, 0.1) is 0 Å². The molecule has 1 aliphatic rings. The van der Waals surface area contributed by atoms with Crippen LogP contribution < -0.4 is 5.32 Å². The van der Waals surface area contributed by atoms with Gasteiger partial charge in [-0.3, -0.25) is 14.6 Å². The topological polar surface area (TPSA) is 62.3 Å². The van der Waals surface area contributed by atoms with Crippen molar-refractivity contribution < 1.29 is 9.59 Å². The number of nitrogens with zero attached hydrogens (tertiary/aromatic N) is 2. The SMILES string of the molecule is Cc1c(NC(=O)c2ccccn2)cccc1C(=O)N1CCc2sccc2C1. The number of hydrogen-bond donors (Lipinski definition) is 1. The van der Waals surface area contributed by atoms with Crippen LogP contribution in [0, 0.1) is 6.92 Å². The molecule has 136 valence electrons. The number of carbonyl (C=O) groups excluding carboxylic acids is 2. The summed E-state index contributed by atoms with van der Waals surface area (Å²) in [6, 6.07) is 12.7. The Bertz CT molecular complexity index is 998. The lowest BCUT2D eigenvalue weighted by Crippen LogP contribution is -2.35. The van der Waals surface area contributed by atoms with E-state index in [1.165, 1.54) is 10.4 Å². The lowest BCUT2D eigenvalue weighted by Gasteiger charge is -2.28. The van der Waals surface area contributed by atoms with Crippen molar-refractivity contribution >= 4 is 28.8 Å². The minimum Gasteiger partial charge on any atom is -0.334 e. The van der Waals surface area contributed by atoms with Crippen LogP contribution in [-0.4, -0.2) is 28.2 Å². The number of anilines is 1. The molecule has 1 N–H and O–H groups in total. The van der Waals surface area contributed by atoms with Crippen LogP contribution in [-0.2, 0) is 13.0 Å². The van der Waals surface area contributed by atoms with Gasteiger partial charge in [-0.25, -0.2) is 0 Å². The normalized spacial score (nSPS) is 13.1. The molecule has 0 saturated heterocycles. The molecule has 0 aliphatic carbocycles. The number of pyridine rings is 1. The first-order chi connectivity index (χ1) is 13.1. The van der Waals surface area contributed by atoms with Gasteiger partial charge >= 0.3 is 0 Å². The van der Waals surface area contributed by atoms with Crippen LogP contribution in [0.4, 0.5) is 5.69 Å². The van der Waals surface area contributed by atoms with E-state index in [0.717, 1.165) is 18.5 Å². The second kappa shape index (κ2) is 7.32. The van der Waals surface area contributed by atoms with Crippen molar-refractivity contribution in [3.63, 3.8) is 0 Å². The molecule has 0 radical (unpaired) electrons. The molecule has 0 unspecified atom stereocenters. The van der Waals surface area contributed by atoms with Crippen molar-refractivity contribution in [1.82, 2.24) is 9.88 Å². The third-order valence-corrected chi connectivity index (χ3v) is 5.83. The van der Waals surface area contributed by atoms with Crippen LogP contribution in [0.3, 0.4) is 0 Å². The summed E-state index contributed by atoms with van der Waals surface area (Å²) in [5, 5.41) is 4.95. The lowest BCUT2D eigenvalue weighted by atomic mass is 10.0. The summed E-state index contributed by atoms with van der Waals surface area (Å²) >= 11 is 1.75. The van der Waals surface area contributed by atoms with Crippen molar-refractivity contribution in [2.45, 2.75) is 19.9 Å². The highest BCUT2D eigenvalue weighted by atomic mass is 32.1. The Hall–Kier alpha value is -2.99. The first kappa shape index (κ1) is 17.4. The average molecular weight is 377 g/mol. The van der Waals surface area contributed by atoms with Gasteiger partial charge in [-0.1, -0.05) is 12.1 Å². The smallest absolute Gasteiger partial charge is 0.274 e. The lowest BCUT2D eigenvalue weighted by molar-refractivity contribution is 0.0735. The van der Waals surface area contributed by atoms with Crippen LogP contribution in [0.15, 0.2) is 54.0 Å². The summed E-state index contributed by atoms with van der Waals surface area (Å²) in [6.07, 6.45) is 2.48. The molecule has 27 heavy (non-hydrogen) atoms. The highest BCUT2D eigenvalue weighted by molar-refractivity contribution is 7.10. The van der Waals surface area contributed by atoms with Gasteiger partial charge in [0.15, 0.2) is 0 Å². The number of rotatable bonds is 3. The highest BCUT2D eigenvalue weighted by Gasteiger charge is 2.24. The molecule has 1 aliphatic heterocycles. The van der Waals surface area contributed by atoms with E-state index in [1.54, 1.807) is 47.9 Å². The van der Waals surface area contributed by atoms with Crippen LogP contribution in [0.1, 0.15) is 36.9 Å². The molecule has 2 aromatic heterocycles. The monoisotopic (exact) mass is 377 g/mol. The summed E-state index contributed by atoms with van der Waals surface area (Å²) in [5.74, 6) is -0.289. The molecule has 4 rings (SSSR count). The molecule has 3 aromatic rings. The van der Waals surface area contributed by atoms with Crippen molar-refractivity contribution in [1.29, 1.82) is 0 Å². The molecular weight excluding hydrogens is 358 g/mol. The summed E-state index contributed by atoms with van der Waals surface area (Å²) in [5.41, 5.74) is 3.59.